The van der Waals surface area contributed by atoms with Gasteiger partial charge in [0.15, 0.2) is 0 Å². The molecule has 1 unspecified atom stereocenters. The smallest absolute Gasteiger partial charge is 0.417 e. The van der Waals surface area contributed by atoms with Gasteiger partial charge in [-0.25, -0.2) is 0 Å². The molecule has 0 radical (unpaired) electrons. The topological polar surface area (TPSA) is 59.2 Å². The van der Waals surface area contributed by atoms with Crippen LogP contribution in [0.5, 0.6) is 0 Å². The quantitative estimate of drug-likeness (QED) is 0.837. The summed E-state index contributed by atoms with van der Waals surface area (Å²) in [6, 6.07) is 0. The molecule has 8 heteroatoms. The Labute approximate surface area is 113 Å². The van der Waals surface area contributed by atoms with Crippen molar-refractivity contribution >= 4 is 5.91 Å². The number of alkyl halides is 3. The third-order valence-corrected chi connectivity index (χ3v) is 3.69. The van der Waals surface area contributed by atoms with E-state index in [9.17, 15) is 18.0 Å². The Hall–Kier alpha value is -1.60. The number of hydrogen-bond acceptors (Lipinski definition) is 4. The van der Waals surface area contributed by atoms with E-state index in [0.29, 0.717) is 19.5 Å². The fourth-order valence-electron chi connectivity index (χ4n) is 2.48. The number of carbonyl (C=O) groups is 1. The molecule has 110 valence electrons. The summed E-state index contributed by atoms with van der Waals surface area (Å²) in [5.41, 5.74) is 0. The fourth-order valence-corrected chi connectivity index (χ4v) is 2.48. The number of nitrogens with zero attached hydrogens (tertiary/aromatic N) is 3. The molecule has 20 heavy (non-hydrogen) atoms. The summed E-state index contributed by atoms with van der Waals surface area (Å²) >= 11 is 0. The standard InChI is InChI=1S/C12H14F3N3O2/c13-12(14,15)11-17-16-9(20-11)8-2-1-5-18(6-8)10(19)7-3-4-7/h7-8H,1-6H2. The number of piperidine rings is 1. The van der Waals surface area contributed by atoms with E-state index >= 15 is 0 Å². The van der Waals surface area contributed by atoms with Gasteiger partial charge in [-0.15, -0.1) is 10.2 Å². The number of rotatable bonds is 2. The molecule has 5 nitrogen and oxygen atoms in total. The minimum absolute atomic E-state index is 0.0226. The van der Waals surface area contributed by atoms with E-state index in [1.54, 1.807) is 4.90 Å². The molecule has 1 amide bonds. The Morgan fingerprint density at radius 3 is 2.60 bits per heavy atom. The van der Waals surface area contributed by atoms with E-state index in [1.165, 1.54) is 0 Å². The SMILES string of the molecule is O=C(C1CC1)N1CCCC(c2nnc(C(F)(F)F)o2)C1. The maximum absolute atomic E-state index is 12.4. The van der Waals surface area contributed by atoms with Crippen molar-refractivity contribution in [3.8, 4) is 0 Å². The van der Waals surface area contributed by atoms with Crippen LogP contribution < -0.4 is 0 Å². The van der Waals surface area contributed by atoms with Crippen molar-refractivity contribution in [3.05, 3.63) is 11.8 Å². The number of aromatic nitrogens is 2. The van der Waals surface area contributed by atoms with Crippen LogP contribution in [0, 0.1) is 5.92 Å². The highest BCUT2D eigenvalue weighted by Crippen LogP contribution is 2.35. The van der Waals surface area contributed by atoms with Crippen molar-refractivity contribution in [1.29, 1.82) is 0 Å². The van der Waals surface area contributed by atoms with Crippen LogP contribution in [0.25, 0.3) is 0 Å². The average molecular weight is 289 g/mol. The van der Waals surface area contributed by atoms with Gasteiger partial charge in [-0.2, -0.15) is 13.2 Å². The summed E-state index contributed by atoms with van der Waals surface area (Å²) in [6.45, 7) is 1.03. The van der Waals surface area contributed by atoms with Gasteiger partial charge in [0.1, 0.15) is 0 Å². The summed E-state index contributed by atoms with van der Waals surface area (Å²) in [5, 5.41) is 6.52. The lowest BCUT2D eigenvalue weighted by Gasteiger charge is -2.31. The van der Waals surface area contributed by atoms with Crippen molar-refractivity contribution in [3.63, 3.8) is 0 Å². The van der Waals surface area contributed by atoms with Crippen LogP contribution in [0.2, 0.25) is 0 Å². The first-order valence-electron chi connectivity index (χ1n) is 6.64. The second kappa shape index (κ2) is 4.75. The molecule has 1 atom stereocenters. The largest absolute Gasteiger partial charge is 0.470 e. The Bertz CT molecular complexity index is 510. The summed E-state index contributed by atoms with van der Waals surface area (Å²) < 4.78 is 42.0. The molecule has 0 aromatic carbocycles. The van der Waals surface area contributed by atoms with E-state index in [-0.39, 0.29) is 23.6 Å². The lowest BCUT2D eigenvalue weighted by atomic mass is 9.97. The van der Waals surface area contributed by atoms with Crippen LogP contribution in [-0.4, -0.2) is 34.1 Å². The van der Waals surface area contributed by atoms with Crippen molar-refractivity contribution in [2.24, 2.45) is 5.92 Å². The van der Waals surface area contributed by atoms with Crippen LogP contribution in [0.15, 0.2) is 4.42 Å². The number of hydrogen-bond donors (Lipinski definition) is 0. The van der Waals surface area contributed by atoms with E-state index in [0.717, 1.165) is 19.3 Å². The Morgan fingerprint density at radius 1 is 1.25 bits per heavy atom. The predicted molar refractivity (Wildman–Crippen MR) is 60.6 cm³/mol. The predicted octanol–water partition coefficient (Wildman–Crippen LogP) is 2.20. The van der Waals surface area contributed by atoms with Gasteiger partial charge in [0, 0.05) is 19.0 Å². The molecule has 1 saturated carbocycles. The monoisotopic (exact) mass is 289 g/mol. The van der Waals surface area contributed by atoms with Gasteiger partial charge in [-0.1, -0.05) is 0 Å². The highest BCUT2D eigenvalue weighted by molar-refractivity contribution is 5.81. The zero-order valence-electron chi connectivity index (χ0n) is 10.7. The molecule has 0 bridgehead atoms. The minimum atomic E-state index is -4.62. The van der Waals surface area contributed by atoms with Crippen LogP contribution >= 0.6 is 0 Å². The molecule has 1 aromatic rings. The average Bonchev–Trinajstić information content (AvgIpc) is 3.13. The Kier molecular flexibility index (Phi) is 3.18. The molecule has 0 spiro atoms. The van der Waals surface area contributed by atoms with Gasteiger partial charge in [-0.05, 0) is 25.7 Å². The van der Waals surface area contributed by atoms with Crippen molar-refractivity contribution in [2.75, 3.05) is 13.1 Å². The maximum atomic E-state index is 12.4. The number of likely N-dealkylation sites (tertiary alicyclic amines) is 1. The first-order valence-corrected chi connectivity index (χ1v) is 6.64. The summed E-state index contributed by atoms with van der Waals surface area (Å²) in [6.07, 6.45) is -1.39. The van der Waals surface area contributed by atoms with Gasteiger partial charge >= 0.3 is 12.1 Å². The van der Waals surface area contributed by atoms with Crippen LogP contribution in [-0.2, 0) is 11.0 Å². The number of amides is 1. The normalized spacial score (nSPS) is 23.9. The number of carbonyl (C=O) groups excluding carboxylic acids is 1. The molecule has 2 heterocycles. The van der Waals surface area contributed by atoms with Gasteiger partial charge in [0.05, 0.1) is 5.92 Å². The molecule has 2 fully saturated rings. The van der Waals surface area contributed by atoms with E-state index < -0.39 is 12.1 Å². The minimum Gasteiger partial charge on any atom is -0.417 e. The zero-order valence-corrected chi connectivity index (χ0v) is 10.7. The molecular weight excluding hydrogens is 275 g/mol. The van der Waals surface area contributed by atoms with Crippen molar-refractivity contribution in [2.45, 2.75) is 37.8 Å². The molecule has 0 N–H and O–H groups in total. The van der Waals surface area contributed by atoms with Crippen molar-refractivity contribution < 1.29 is 22.4 Å². The third kappa shape index (κ3) is 2.64. The van der Waals surface area contributed by atoms with Crippen LogP contribution in [0.1, 0.15) is 43.4 Å². The first kappa shape index (κ1) is 13.4. The number of halogens is 3. The molecule has 1 saturated heterocycles. The van der Waals surface area contributed by atoms with Gasteiger partial charge in [-0.3, -0.25) is 4.79 Å². The Morgan fingerprint density at radius 2 is 2.00 bits per heavy atom. The molecule has 1 aliphatic heterocycles. The van der Waals surface area contributed by atoms with Crippen LogP contribution in [0.4, 0.5) is 13.2 Å². The summed E-state index contributed by atoms with van der Waals surface area (Å²) in [5.74, 6) is -1.42. The molecule has 1 aliphatic carbocycles. The molecule has 3 rings (SSSR count). The Balaban J connectivity index is 1.70. The summed E-state index contributed by atoms with van der Waals surface area (Å²) in [4.78, 5) is 13.7. The molecule has 2 aliphatic rings. The lowest BCUT2D eigenvalue weighted by Crippen LogP contribution is -2.40. The van der Waals surface area contributed by atoms with Crippen molar-refractivity contribution in [1.82, 2.24) is 15.1 Å². The zero-order chi connectivity index (χ0) is 14.3. The maximum Gasteiger partial charge on any atom is 0.470 e. The first-order chi connectivity index (χ1) is 9.45. The highest BCUT2D eigenvalue weighted by atomic mass is 19.4. The van der Waals surface area contributed by atoms with Gasteiger partial charge in [0.2, 0.25) is 11.8 Å². The van der Waals surface area contributed by atoms with E-state index in [2.05, 4.69) is 10.2 Å². The van der Waals surface area contributed by atoms with Gasteiger partial charge < -0.3 is 9.32 Å². The second-order valence-electron chi connectivity index (χ2n) is 5.34. The highest BCUT2D eigenvalue weighted by Gasteiger charge is 2.40. The van der Waals surface area contributed by atoms with E-state index in [4.69, 9.17) is 4.42 Å². The molecule has 1 aromatic heterocycles. The fraction of sp³-hybridized carbons (Fsp3) is 0.750. The van der Waals surface area contributed by atoms with E-state index in [1.807, 2.05) is 0 Å². The second-order valence-corrected chi connectivity index (χ2v) is 5.34. The van der Waals surface area contributed by atoms with Gasteiger partial charge in [0.25, 0.3) is 0 Å². The third-order valence-electron chi connectivity index (χ3n) is 3.69. The molecular formula is C12H14F3N3O2. The summed E-state index contributed by atoms with van der Waals surface area (Å²) in [7, 11) is 0. The van der Waals surface area contributed by atoms with Crippen LogP contribution in [0.3, 0.4) is 0 Å². The lowest BCUT2D eigenvalue weighted by molar-refractivity contribution is -0.157.